The number of nitrogens with zero attached hydrogens (tertiary/aromatic N) is 1. The molecule has 1 aliphatic heterocycles. The second-order valence-corrected chi connectivity index (χ2v) is 6.74. The van der Waals surface area contributed by atoms with Gasteiger partial charge in [0.1, 0.15) is 5.57 Å². The van der Waals surface area contributed by atoms with Gasteiger partial charge in [-0.1, -0.05) is 0 Å². The third-order valence-electron chi connectivity index (χ3n) is 3.67. The number of carbonyl (C=O) groups excluding carboxylic acids is 2. The van der Waals surface area contributed by atoms with E-state index in [-0.39, 0.29) is 16.5 Å². The summed E-state index contributed by atoms with van der Waals surface area (Å²) in [6.07, 6.45) is 1.93. The highest BCUT2D eigenvalue weighted by Gasteiger charge is 2.28. The average Bonchev–Trinajstić information content (AvgIpc) is 2.77. The fourth-order valence-corrected chi connectivity index (χ4v) is 3.06. The van der Waals surface area contributed by atoms with E-state index < -0.39 is 21.9 Å². The van der Waals surface area contributed by atoms with Gasteiger partial charge in [0.25, 0.3) is 10.1 Å². The van der Waals surface area contributed by atoms with Crippen LogP contribution in [0.25, 0.3) is 0 Å². The Balaban J connectivity index is 2.49. The van der Waals surface area contributed by atoms with Crippen LogP contribution < -0.4 is 4.90 Å². The molecular weight excluding hydrogens is 322 g/mol. The largest absolute Gasteiger partial charge is 0.465 e. The minimum atomic E-state index is -4.28. The third kappa shape index (κ3) is 3.43. The van der Waals surface area contributed by atoms with E-state index >= 15 is 0 Å². The average molecular weight is 339 g/mol. The zero-order valence-electron chi connectivity index (χ0n) is 12.9. The fraction of sp³-hybridized carbons (Fsp3) is 0.333. The molecule has 0 fully saturated rings. The van der Waals surface area contributed by atoms with E-state index in [1.807, 2.05) is 6.92 Å². The van der Waals surface area contributed by atoms with Crippen LogP contribution in [0.2, 0.25) is 0 Å². The summed E-state index contributed by atoms with van der Waals surface area (Å²) < 4.78 is 36.2. The van der Waals surface area contributed by atoms with Crippen molar-refractivity contribution in [1.82, 2.24) is 0 Å². The number of rotatable bonds is 4. The fourth-order valence-electron chi connectivity index (χ4n) is 2.52. The standard InChI is InChI=1S/C15H17NO6S/c1-9-6-11-7-12(23(19,20)21)4-5-14(11)16(9)8-13(10(2)17)15(18)22-3/h4-5,7-9H,6H2,1-3H3,(H,19,20,21)/b13-8-. The molecule has 0 spiro atoms. The van der Waals surface area contributed by atoms with Crippen molar-refractivity contribution in [1.29, 1.82) is 0 Å². The van der Waals surface area contributed by atoms with Gasteiger partial charge in [0, 0.05) is 17.9 Å². The molecule has 0 aliphatic carbocycles. The van der Waals surface area contributed by atoms with Crippen LogP contribution in [0.4, 0.5) is 5.69 Å². The third-order valence-corrected chi connectivity index (χ3v) is 4.52. The maximum atomic E-state index is 11.7. The lowest BCUT2D eigenvalue weighted by atomic mass is 10.1. The molecule has 2 rings (SSSR count). The topological polar surface area (TPSA) is 101 Å². The van der Waals surface area contributed by atoms with Crippen LogP contribution in [-0.2, 0) is 30.9 Å². The highest BCUT2D eigenvalue weighted by Crippen LogP contribution is 2.34. The number of methoxy groups -OCH3 is 1. The first-order chi connectivity index (χ1) is 10.6. The van der Waals surface area contributed by atoms with Crippen LogP contribution in [0, 0.1) is 0 Å². The monoisotopic (exact) mass is 339 g/mol. The van der Waals surface area contributed by atoms with Gasteiger partial charge in [-0.15, -0.1) is 0 Å². The molecule has 1 aliphatic rings. The number of anilines is 1. The second kappa shape index (κ2) is 6.13. The maximum Gasteiger partial charge on any atom is 0.342 e. The second-order valence-electron chi connectivity index (χ2n) is 5.32. The highest BCUT2D eigenvalue weighted by molar-refractivity contribution is 7.85. The smallest absolute Gasteiger partial charge is 0.342 e. The molecule has 1 unspecified atom stereocenters. The number of ether oxygens (including phenoxy) is 1. The molecule has 0 aromatic heterocycles. The number of ketones is 1. The van der Waals surface area contributed by atoms with Crippen LogP contribution in [-0.4, -0.2) is 37.9 Å². The van der Waals surface area contributed by atoms with Crippen molar-refractivity contribution in [2.75, 3.05) is 12.0 Å². The molecule has 124 valence electrons. The Morgan fingerprint density at radius 2 is 2.04 bits per heavy atom. The first-order valence-corrected chi connectivity index (χ1v) is 8.29. The summed E-state index contributed by atoms with van der Waals surface area (Å²) in [6.45, 7) is 3.14. The molecule has 1 aromatic carbocycles. The van der Waals surface area contributed by atoms with Gasteiger partial charge in [-0.05, 0) is 44.0 Å². The van der Waals surface area contributed by atoms with Gasteiger partial charge in [-0.25, -0.2) is 4.79 Å². The molecule has 0 radical (unpaired) electrons. The number of Topliss-reactive ketones (excluding diaryl/α,β-unsaturated/α-hetero) is 1. The Kier molecular flexibility index (Phi) is 4.58. The van der Waals surface area contributed by atoms with Crippen molar-refractivity contribution >= 4 is 27.6 Å². The van der Waals surface area contributed by atoms with Crippen molar-refractivity contribution < 1.29 is 27.3 Å². The summed E-state index contributed by atoms with van der Waals surface area (Å²) in [5, 5.41) is 0. The van der Waals surface area contributed by atoms with Crippen LogP contribution in [0.1, 0.15) is 19.4 Å². The molecule has 0 amide bonds. The van der Waals surface area contributed by atoms with Gasteiger partial charge in [-0.3, -0.25) is 9.35 Å². The Hall–Kier alpha value is -2.19. The first-order valence-electron chi connectivity index (χ1n) is 6.85. The van der Waals surface area contributed by atoms with E-state index in [4.69, 9.17) is 4.55 Å². The number of carbonyl (C=O) groups is 2. The molecule has 0 bridgehead atoms. The van der Waals surface area contributed by atoms with Crippen molar-refractivity contribution in [3.63, 3.8) is 0 Å². The van der Waals surface area contributed by atoms with E-state index in [1.54, 1.807) is 4.90 Å². The number of fused-ring (bicyclic) bond motifs is 1. The van der Waals surface area contributed by atoms with Crippen molar-refractivity contribution in [3.05, 3.63) is 35.5 Å². The molecule has 1 aromatic rings. The molecule has 1 atom stereocenters. The highest BCUT2D eigenvalue weighted by atomic mass is 32.2. The zero-order valence-corrected chi connectivity index (χ0v) is 13.8. The van der Waals surface area contributed by atoms with Crippen LogP contribution in [0.3, 0.4) is 0 Å². The summed E-state index contributed by atoms with van der Waals surface area (Å²) >= 11 is 0. The van der Waals surface area contributed by atoms with Gasteiger partial charge < -0.3 is 9.64 Å². The van der Waals surface area contributed by atoms with E-state index in [0.717, 1.165) is 0 Å². The van der Waals surface area contributed by atoms with Gasteiger partial charge in [0.2, 0.25) is 0 Å². The molecule has 1 N–H and O–H groups in total. The van der Waals surface area contributed by atoms with E-state index in [9.17, 15) is 18.0 Å². The summed E-state index contributed by atoms with van der Waals surface area (Å²) in [7, 11) is -3.08. The van der Waals surface area contributed by atoms with Gasteiger partial charge in [-0.2, -0.15) is 8.42 Å². The van der Waals surface area contributed by atoms with Crippen LogP contribution >= 0.6 is 0 Å². The van der Waals surface area contributed by atoms with Crippen molar-refractivity contribution in [2.45, 2.75) is 31.2 Å². The minimum absolute atomic E-state index is 0.0827. The number of esters is 1. The lowest BCUT2D eigenvalue weighted by molar-refractivity contribution is -0.137. The Labute approximate surface area is 134 Å². The number of hydrogen-bond acceptors (Lipinski definition) is 6. The van der Waals surface area contributed by atoms with E-state index in [2.05, 4.69) is 4.74 Å². The van der Waals surface area contributed by atoms with Crippen LogP contribution in [0.5, 0.6) is 0 Å². The molecule has 1 heterocycles. The first kappa shape index (κ1) is 17.2. The molecule has 7 nitrogen and oxygen atoms in total. The minimum Gasteiger partial charge on any atom is -0.465 e. The zero-order chi connectivity index (χ0) is 17.4. The van der Waals surface area contributed by atoms with E-state index in [0.29, 0.717) is 17.7 Å². The lowest BCUT2D eigenvalue weighted by Crippen LogP contribution is -2.26. The molecule has 0 saturated carbocycles. The normalized spacial score (nSPS) is 17.8. The van der Waals surface area contributed by atoms with Crippen molar-refractivity contribution in [3.8, 4) is 0 Å². The molecular formula is C15H17NO6S. The summed E-state index contributed by atoms with van der Waals surface area (Å²) in [6, 6.07) is 4.12. The predicted octanol–water partition coefficient (Wildman–Crippen LogP) is 1.33. The molecule has 23 heavy (non-hydrogen) atoms. The Morgan fingerprint density at radius 1 is 1.39 bits per heavy atom. The Morgan fingerprint density at radius 3 is 2.57 bits per heavy atom. The quantitative estimate of drug-likeness (QED) is 0.290. The van der Waals surface area contributed by atoms with Crippen molar-refractivity contribution in [2.24, 2.45) is 0 Å². The number of benzene rings is 1. The Bertz CT molecular complexity index is 796. The summed E-state index contributed by atoms with van der Waals surface area (Å²) in [5.41, 5.74) is 1.29. The number of hydrogen-bond donors (Lipinski definition) is 1. The van der Waals surface area contributed by atoms with Crippen LogP contribution in [0.15, 0.2) is 34.9 Å². The van der Waals surface area contributed by atoms with Gasteiger partial charge in [0.05, 0.1) is 12.0 Å². The SMILES string of the molecule is COC(=O)/C(=C\N1c2ccc(S(=O)(=O)O)cc2CC1C)C(C)=O. The predicted molar refractivity (Wildman–Crippen MR) is 82.7 cm³/mol. The van der Waals surface area contributed by atoms with Gasteiger partial charge in [0.15, 0.2) is 5.78 Å². The van der Waals surface area contributed by atoms with Gasteiger partial charge >= 0.3 is 5.97 Å². The van der Waals surface area contributed by atoms with E-state index in [1.165, 1.54) is 38.4 Å². The molecule has 8 heteroatoms. The summed E-state index contributed by atoms with van der Waals surface area (Å²) in [5.74, 6) is -1.15. The lowest BCUT2D eigenvalue weighted by Gasteiger charge is -2.21. The maximum absolute atomic E-state index is 11.7. The molecule has 0 saturated heterocycles. The summed E-state index contributed by atoms with van der Waals surface area (Å²) in [4.78, 5) is 24.9.